The van der Waals surface area contributed by atoms with Gasteiger partial charge in [-0.3, -0.25) is 4.79 Å². The van der Waals surface area contributed by atoms with E-state index in [4.69, 9.17) is 4.74 Å². The number of rotatable bonds is 5. The van der Waals surface area contributed by atoms with Gasteiger partial charge in [0.1, 0.15) is 11.8 Å². The quantitative estimate of drug-likeness (QED) is 0.822. The summed E-state index contributed by atoms with van der Waals surface area (Å²) >= 11 is 0. The molecule has 2 aromatic carbocycles. The molecule has 1 aliphatic rings. The summed E-state index contributed by atoms with van der Waals surface area (Å²) in [6, 6.07) is 6.75. The van der Waals surface area contributed by atoms with Crippen LogP contribution in [0.4, 0.5) is 14.5 Å². The van der Waals surface area contributed by atoms with Crippen molar-refractivity contribution >= 4 is 21.6 Å². The summed E-state index contributed by atoms with van der Waals surface area (Å²) in [6.45, 7) is 1.85. The molecule has 0 aliphatic carbocycles. The second kappa shape index (κ2) is 7.84. The lowest BCUT2D eigenvalue weighted by atomic mass is 10.2. The molecule has 1 atom stereocenters. The average molecular weight is 410 g/mol. The zero-order chi connectivity index (χ0) is 20.5. The second-order valence-electron chi connectivity index (χ2n) is 6.52. The van der Waals surface area contributed by atoms with Crippen LogP contribution >= 0.6 is 0 Å². The zero-order valence-corrected chi connectivity index (χ0v) is 16.2. The molecule has 1 heterocycles. The number of sulfonamides is 1. The Labute approximate surface area is 162 Å². The first kappa shape index (κ1) is 20.2. The van der Waals surface area contributed by atoms with Crippen LogP contribution in [0, 0.1) is 18.6 Å². The van der Waals surface area contributed by atoms with Crippen molar-refractivity contribution in [1.29, 1.82) is 0 Å². The highest BCUT2D eigenvalue weighted by Gasteiger charge is 2.40. The van der Waals surface area contributed by atoms with Gasteiger partial charge in [0.25, 0.3) is 0 Å². The van der Waals surface area contributed by atoms with E-state index in [0.717, 1.165) is 16.4 Å². The summed E-state index contributed by atoms with van der Waals surface area (Å²) in [5.41, 5.74) is 0.596. The van der Waals surface area contributed by atoms with Gasteiger partial charge in [0.05, 0.1) is 12.0 Å². The van der Waals surface area contributed by atoms with Gasteiger partial charge >= 0.3 is 0 Å². The van der Waals surface area contributed by atoms with Crippen molar-refractivity contribution in [3.63, 3.8) is 0 Å². The average Bonchev–Trinajstić information content (AvgIpc) is 3.16. The highest BCUT2D eigenvalue weighted by molar-refractivity contribution is 7.89. The molecule has 0 radical (unpaired) electrons. The van der Waals surface area contributed by atoms with Crippen molar-refractivity contribution < 1.29 is 26.7 Å². The number of methoxy groups -OCH3 is 1. The number of nitrogens with one attached hydrogen (secondary N) is 1. The van der Waals surface area contributed by atoms with Gasteiger partial charge < -0.3 is 10.1 Å². The minimum atomic E-state index is -3.94. The van der Waals surface area contributed by atoms with Gasteiger partial charge in [-0.05, 0) is 43.5 Å². The summed E-state index contributed by atoms with van der Waals surface area (Å²) < 4.78 is 59.0. The van der Waals surface area contributed by atoms with Crippen molar-refractivity contribution in [1.82, 2.24) is 4.31 Å². The Balaban J connectivity index is 1.87. The molecule has 1 fully saturated rings. The van der Waals surface area contributed by atoms with Gasteiger partial charge in [-0.15, -0.1) is 0 Å². The number of hydrogen-bond acceptors (Lipinski definition) is 4. The third kappa shape index (κ3) is 3.85. The van der Waals surface area contributed by atoms with Gasteiger partial charge in [0, 0.05) is 24.4 Å². The van der Waals surface area contributed by atoms with Gasteiger partial charge in [-0.25, -0.2) is 17.2 Å². The number of benzene rings is 2. The fourth-order valence-electron chi connectivity index (χ4n) is 3.20. The van der Waals surface area contributed by atoms with Crippen LogP contribution in [0.3, 0.4) is 0 Å². The molecule has 0 aromatic heterocycles. The van der Waals surface area contributed by atoms with Crippen LogP contribution in [0.25, 0.3) is 0 Å². The smallest absolute Gasteiger partial charge is 0.244 e. The Kier molecular flexibility index (Phi) is 5.66. The lowest BCUT2D eigenvalue weighted by Gasteiger charge is -2.24. The maximum absolute atomic E-state index is 13.4. The monoisotopic (exact) mass is 410 g/mol. The third-order valence-electron chi connectivity index (χ3n) is 4.68. The van der Waals surface area contributed by atoms with Crippen molar-refractivity contribution in [2.75, 3.05) is 19.0 Å². The molecule has 1 saturated heterocycles. The number of amides is 1. The standard InChI is InChI=1S/C19H20F2N2O4S/c1-12-5-7-14(27-2)11-18(12)28(25,26)23-9-3-4-17(23)19(24)22-13-6-8-15(20)16(21)10-13/h5-8,10-11,17H,3-4,9H2,1-2H3,(H,22,24)/t17-/m0/s1. The Morgan fingerprint density at radius 3 is 2.61 bits per heavy atom. The molecular weight excluding hydrogens is 390 g/mol. The van der Waals surface area contributed by atoms with E-state index in [9.17, 15) is 22.0 Å². The maximum atomic E-state index is 13.4. The Hall–Kier alpha value is -2.52. The number of aryl methyl sites for hydroxylation is 1. The van der Waals surface area contributed by atoms with Crippen LogP contribution in [-0.4, -0.2) is 38.3 Å². The van der Waals surface area contributed by atoms with E-state index in [1.54, 1.807) is 19.1 Å². The molecule has 1 aliphatic heterocycles. The van der Waals surface area contributed by atoms with E-state index in [-0.39, 0.29) is 17.1 Å². The van der Waals surface area contributed by atoms with Crippen LogP contribution in [0.5, 0.6) is 5.75 Å². The molecule has 28 heavy (non-hydrogen) atoms. The molecule has 150 valence electrons. The molecule has 0 spiro atoms. The van der Waals surface area contributed by atoms with E-state index in [0.29, 0.717) is 24.2 Å². The van der Waals surface area contributed by atoms with Crippen molar-refractivity contribution in [3.05, 3.63) is 53.6 Å². The summed E-state index contributed by atoms with van der Waals surface area (Å²) in [4.78, 5) is 12.7. The fourth-order valence-corrected chi connectivity index (χ4v) is 5.10. The Morgan fingerprint density at radius 1 is 1.18 bits per heavy atom. The topological polar surface area (TPSA) is 75.7 Å². The van der Waals surface area contributed by atoms with E-state index in [2.05, 4.69) is 5.32 Å². The SMILES string of the molecule is COc1ccc(C)c(S(=O)(=O)N2CCC[C@H]2C(=O)Nc2ccc(F)c(F)c2)c1. The van der Waals surface area contributed by atoms with E-state index >= 15 is 0 Å². The maximum Gasteiger partial charge on any atom is 0.244 e. The van der Waals surface area contributed by atoms with E-state index in [1.807, 2.05) is 0 Å². The van der Waals surface area contributed by atoms with Crippen LogP contribution in [0.1, 0.15) is 18.4 Å². The number of anilines is 1. The molecule has 0 bridgehead atoms. The number of halogens is 2. The van der Waals surface area contributed by atoms with Crippen molar-refractivity contribution in [2.24, 2.45) is 0 Å². The summed E-state index contributed by atoms with van der Waals surface area (Å²) in [7, 11) is -2.51. The summed E-state index contributed by atoms with van der Waals surface area (Å²) in [5.74, 6) is -2.32. The van der Waals surface area contributed by atoms with Crippen LogP contribution in [0.15, 0.2) is 41.3 Å². The zero-order valence-electron chi connectivity index (χ0n) is 15.4. The largest absolute Gasteiger partial charge is 0.497 e. The van der Waals surface area contributed by atoms with Crippen LogP contribution in [-0.2, 0) is 14.8 Å². The number of carbonyl (C=O) groups excluding carboxylic acids is 1. The highest BCUT2D eigenvalue weighted by Crippen LogP contribution is 2.30. The van der Waals surface area contributed by atoms with Gasteiger partial charge in [0.15, 0.2) is 11.6 Å². The summed E-state index contributed by atoms with van der Waals surface area (Å²) in [5, 5.41) is 2.47. The molecule has 9 heteroatoms. The number of ether oxygens (including phenoxy) is 1. The number of carbonyl (C=O) groups is 1. The third-order valence-corrected chi connectivity index (χ3v) is 6.73. The first-order valence-electron chi connectivity index (χ1n) is 8.66. The molecule has 1 N–H and O–H groups in total. The van der Waals surface area contributed by atoms with Gasteiger partial charge in [0.2, 0.25) is 15.9 Å². The molecule has 3 rings (SSSR count). The van der Waals surface area contributed by atoms with Crippen molar-refractivity contribution in [2.45, 2.75) is 30.7 Å². The first-order valence-corrected chi connectivity index (χ1v) is 10.1. The number of nitrogens with zero attached hydrogens (tertiary/aromatic N) is 1. The molecular formula is C19H20F2N2O4S. The summed E-state index contributed by atoms with van der Waals surface area (Å²) in [6.07, 6.45) is 0.843. The number of hydrogen-bond donors (Lipinski definition) is 1. The minimum Gasteiger partial charge on any atom is -0.497 e. The van der Waals surface area contributed by atoms with Crippen LogP contribution < -0.4 is 10.1 Å². The lowest BCUT2D eigenvalue weighted by Crippen LogP contribution is -2.43. The highest BCUT2D eigenvalue weighted by atomic mass is 32.2. The Bertz CT molecular complexity index is 1010. The normalized spacial score (nSPS) is 17.5. The first-order chi connectivity index (χ1) is 13.2. The fraction of sp³-hybridized carbons (Fsp3) is 0.316. The van der Waals surface area contributed by atoms with Crippen LogP contribution in [0.2, 0.25) is 0 Å². The van der Waals surface area contributed by atoms with E-state index in [1.165, 1.54) is 19.2 Å². The predicted molar refractivity (Wildman–Crippen MR) is 99.6 cm³/mol. The second-order valence-corrected chi connectivity index (χ2v) is 8.38. The molecule has 2 aromatic rings. The lowest BCUT2D eigenvalue weighted by molar-refractivity contribution is -0.119. The molecule has 1 amide bonds. The minimum absolute atomic E-state index is 0.0608. The molecule has 0 unspecified atom stereocenters. The molecule has 6 nitrogen and oxygen atoms in total. The molecule has 0 saturated carbocycles. The van der Waals surface area contributed by atoms with Gasteiger partial charge in [-0.1, -0.05) is 6.07 Å². The van der Waals surface area contributed by atoms with E-state index < -0.39 is 33.6 Å². The predicted octanol–water partition coefficient (Wildman–Crippen LogP) is 3.07. The van der Waals surface area contributed by atoms with Gasteiger partial charge in [-0.2, -0.15) is 4.31 Å². The Morgan fingerprint density at radius 2 is 1.93 bits per heavy atom. The van der Waals surface area contributed by atoms with Crippen molar-refractivity contribution in [3.8, 4) is 5.75 Å².